The van der Waals surface area contributed by atoms with Crippen LogP contribution in [0.1, 0.15) is 24.6 Å². The summed E-state index contributed by atoms with van der Waals surface area (Å²) in [6, 6.07) is -0.274. The minimum atomic E-state index is -0.942. The summed E-state index contributed by atoms with van der Waals surface area (Å²) in [7, 11) is 0. The van der Waals surface area contributed by atoms with Crippen molar-refractivity contribution in [1.82, 2.24) is 15.2 Å². The molecule has 0 bridgehead atoms. The number of rotatable bonds is 3. The standard InChI is InChI=1S/C6H10N4O2/c1-3(7)6-8-4(9-10-6)2-5(11)12/h3H,2,7H2,1H3,(H,11,12)(H,8,9,10)/t3-/m1/s1. The van der Waals surface area contributed by atoms with Crippen molar-refractivity contribution < 1.29 is 9.90 Å². The minimum absolute atomic E-state index is 0.153. The maximum Gasteiger partial charge on any atom is 0.311 e. The molecule has 0 amide bonds. The fourth-order valence-electron chi connectivity index (χ4n) is 0.736. The lowest BCUT2D eigenvalue weighted by molar-refractivity contribution is -0.136. The zero-order valence-electron chi connectivity index (χ0n) is 6.61. The van der Waals surface area contributed by atoms with Crippen molar-refractivity contribution in [3.8, 4) is 0 Å². The highest BCUT2D eigenvalue weighted by Gasteiger charge is 2.09. The predicted molar refractivity (Wildman–Crippen MR) is 40.3 cm³/mol. The van der Waals surface area contributed by atoms with Gasteiger partial charge in [-0.05, 0) is 6.92 Å². The first-order valence-electron chi connectivity index (χ1n) is 3.48. The third-order valence-corrected chi connectivity index (χ3v) is 1.27. The van der Waals surface area contributed by atoms with Crippen LogP contribution in [0.15, 0.2) is 0 Å². The van der Waals surface area contributed by atoms with E-state index in [1.165, 1.54) is 0 Å². The van der Waals surface area contributed by atoms with Gasteiger partial charge in [0.05, 0.1) is 6.04 Å². The van der Waals surface area contributed by atoms with Crippen LogP contribution in [0.25, 0.3) is 0 Å². The number of aromatic amines is 1. The fraction of sp³-hybridized carbons (Fsp3) is 0.500. The number of hydrogen-bond donors (Lipinski definition) is 3. The van der Waals surface area contributed by atoms with Gasteiger partial charge in [-0.15, -0.1) is 0 Å². The molecule has 0 fully saturated rings. The van der Waals surface area contributed by atoms with Crippen molar-refractivity contribution in [1.29, 1.82) is 0 Å². The first-order valence-corrected chi connectivity index (χ1v) is 3.48. The van der Waals surface area contributed by atoms with Crippen LogP contribution in [-0.2, 0) is 11.2 Å². The van der Waals surface area contributed by atoms with Gasteiger partial charge in [0.15, 0.2) is 5.82 Å². The van der Waals surface area contributed by atoms with Crippen LogP contribution in [0, 0.1) is 0 Å². The number of nitrogens with one attached hydrogen (secondary N) is 1. The molecule has 66 valence electrons. The second-order valence-corrected chi connectivity index (χ2v) is 2.50. The van der Waals surface area contributed by atoms with Gasteiger partial charge in [0.25, 0.3) is 0 Å². The maximum absolute atomic E-state index is 10.2. The van der Waals surface area contributed by atoms with Gasteiger partial charge in [0, 0.05) is 0 Å². The lowest BCUT2D eigenvalue weighted by Crippen LogP contribution is -2.07. The smallest absolute Gasteiger partial charge is 0.311 e. The lowest BCUT2D eigenvalue weighted by Gasteiger charge is -1.94. The van der Waals surface area contributed by atoms with Gasteiger partial charge in [-0.2, -0.15) is 5.10 Å². The maximum atomic E-state index is 10.2. The number of carboxylic acid groups (broad SMARTS) is 1. The van der Waals surface area contributed by atoms with Crippen molar-refractivity contribution >= 4 is 5.97 Å². The summed E-state index contributed by atoms with van der Waals surface area (Å²) < 4.78 is 0. The molecule has 4 N–H and O–H groups in total. The minimum Gasteiger partial charge on any atom is -0.481 e. The molecule has 6 heteroatoms. The molecular weight excluding hydrogens is 160 g/mol. The Morgan fingerprint density at radius 1 is 1.83 bits per heavy atom. The molecule has 0 spiro atoms. The predicted octanol–water partition coefficient (Wildman–Crippen LogP) is -0.548. The SMILES string of the molecule is C[C@@H](N)c1n[nH]c(CC(=O)O)n1. The Hall–Kier alpha value is -1.43. The van der Waals surface area contributed by atoms with Crippen LogP contribution >= 0.6 is 0 Å². The van der Waals surface area contributed by atoms with E-state index in [2.05, 4.69) is 15.2 Å². The molecule has 0 aromatic carbocycles. The Balaban J connectivity index is 2.70. The zero-order valence-corrected chi connectivity index (χ0v) is 6.61. The monoisotopic (exact) mass is 170 g/mol. The highest BCUT2D eigenvalue weighted by atomic mass is 16.4. The quantitative estimate of drug-likeness (QED) is 0.564. The normalized spacial score (nSPS) is 12.8. The van der Waals surface area contributed by atoms with Gasteiger partial charge < -0.3 is 10.8 Å². The third kappa shape index (κ3) is 2.03. The van der Waals surface area contributed by atoms with E-state index < -0.39 is 5.97 Å². The van der Waals surface area contributed by atoms with E-state index >= 15 is 0 Å². The average molecular weight is 170 g/mol. The van der Waals surface area contributed by atoms with Crippen molar-refractivity contribution in [2.45, 2.75) is 19.4 Å². The van der Waals surface area contributed by atoms with Crippen LogP contribution in [0.3, 0.4) is 0 Å². The number of nitrogens with two attached hydrogens (primary N) is 1. The van der Waals surface area contributed by atoms with Crippen LogP contribution < -0.4 is 5.73 Å². The Bertz CT molecular complexity index is 281. The van der Waals surface area contributed by atoms with Crippen molar-refractivity contribution in [3.05, 3.63) is 11.6 Å². The average Bonchev–Trinajstić information content (AvgIpc) is 2.34. The molecule has 0 unspecified atom stereocenters. The van der Waals surface area contributed by atoms with Crippen LogP contribution in [-0.4, -0.2) is 26.3 Å². The summed E-state index contributed by atoms with van der Waals surface area (Å²) in [5, 5.41) is 14.6. The van der Waals surface area contributed by atoms with E-state index in [-0.39, 0.29) is 12.5 Å². The summed E-state index contributed by atoms with van der Waals surface area (Å²) in [6.07, 6.45) is -0.153. The van der Waals surface area contributed by atoms with Gasteiger partial charge in [0.2, 0.25) is 0 Å². The Labute approximate surface area is 68.8 Å². The summed E-state index contributed by atoms with van der Waals surface area (Å²) in [4.78, 5) is 14.1. The largest absolute Gasteiger partial charge is 0.481 e. The highest BCUT2D eigenvalue weighted by Crippen LogP contribution is 2.01. The van der Waals surface area contributed by atoms with E-state index in [4.69, 9.17) is 10.8 Å². The molecule has 6 nitrogen and oxygen atoms in total. The molecule has 1 aromatic rings. The molecule has 0 aliphatic carbocycles. The third-order valence-electron chi connectivity index (χ3n) is 1.27. The summed E-state index contributed by atoms with van der Waals surface area (Å²) in [6.45, 7) is 1.73. The Kier molecular flexibility index (Phi) is 2.39. The number of aromatic nitrogens is 3. The first kappa shape index (κ1) is 8.66. The molecule has 0 saturated heterocycles. The second kappa shape index (κ2) is 3.31. The molecule has 0 aliphatic heterocycles. The molecule has 1 heterocycles. The summed E-state index contributed by atoms with van der Waals surface area (Å²) in [5.41, 5.74) is 5.47. The second-order valence-electron chi connectivity index (χ2n) is 2.50. The van der Waals surface area contributed by atoms with Gasteiger partial charge in [-0.25, -0.2) is 4.98 Å². The number of hydrogen-bond acceptors (Lipinski definition) is 4. The van der Waals surface area contributed by atoms with Gasteiger partial charge in [0.1, 0.15) is 12.2 Å². The number of nitrogens with zero attached hydrogens (tertiary/aromatic N) is 2. The summed E-state index contributed by atoms with van der Waals surface area (Å²) in [5.74, 6) is -0.177. The number of carboxylic acids is 1. The van der Waals surface area contributed by atoms with Crippen molar-refractivity contribution in [3.63, 3.8) is 0 Å². The van der Waals surface area contributed by atoms with Gasteiger partial charge >= 0.3 is 5.97 Å². The molecule has 1 rings (SSSR count). The first-order chi connectivity index (χ1) is 5.59. The molecule has 0 radical (unpaired) electrons. The molecule has 0 saturated carbocycles. The van der Waals surface area contributed by atoms with E-state index in [9.17, 15) is 4.79 Å². The van der Waals surface area contributed by atoms with E-state index in [0.29, 0.717) is 11.6 Å². The Morgan fingerprint density at radius 2 is 2.50 bits per heavy atom. The van der Waals surface area contributed by atoms with Gasteiger partial charge in [-0.1, -0.05) is 0 Å². The number of H-pyrrole nitrogens is 1. The fourth-order valence-corrected chi connectivity index (χ4v) is 0.736. The van der Waals surface area contributed by atoms with E-state index in [1.54, 1.807) is 6.92 Å². The van der Waals surface area contributed by atoms with E-state index in [0.717, 1.165) is 0 Å². The van der Waals surface area contributed by atoms with Crippen LogP contribution in [0.2, 0.25) is 0 Å². The number of carbonyl (C=O) groups is 1. The summed E-state index contributed by atoms with van der Waals surface area (Å²) >= 11 is 0. The topological polar surface area (TPSA) is 105 Å². The number of aliphatic carboxylic acids is 1. The Morgan fingerprint density at radius 3 is 2.92 bits per heavy atom. The lowest BCUT2D eigenvalue weighted by atomic mass is 10.3. The van der Waals surface area contributed by atoms with Crippen LogP contribution in [0.4, 0.5) is 0 Å². The molecule has 1 aromatic heterocycles. The molecule has 12 heavy (non-hydrogen) atoms. The molecular formula is C6H10N4O2. The molecule has 0 aliphatic rings. The van der Waals surface area contributed by atoms with Gasteiger partial charge in [-0.3, -0.25) is 9.89 Å². The van der Waals surface area contributed by atoms with Crippen molar-refractivity contribution in [2.75, 3.05) is 0 Å². The highest BCUT2D eigenvalue weighted by molar-refractivity contribution is 5.68. The van der Waals surface area contributed by atoms with Crippen LogP contribution in [0.5, 0.6) is 0 Å². The van der Waals surface area contributed by atoms with E-state index in [1.807, 2.05) is 0 Å². The zero-order chi connectivity index (χ0) is 9.14. The molecule has 1 atom stereocenters. The van der Waals surface area contributed by atoms with Crippen molar-refractivity contribution in [2.24, 2.45) is 5.73 Å².